The van der Waals surface area contributed by atoms with E-state index in [1.54, 1.807) is 13.0 Å². The molecule has 0 aliphatic heterocycles. The second-order valence-electron chi connectivity index (χ2n) is 4.48. The number of ether oxygens (including phenoxy) is 2. The van der Waals surface area contributed by atoms with Gasteiger partial charge in [0.05, 0.1) is 20.3 Å². The van der Waals surface area contributed by atoms with Gasteiger partial charge in [-0.15, -0.1) is 0 Å². The normalized spacial score (nSPS) is 11.6. The first kappa shape index (κ1) is 17.7. The van der Waals surface area contributed by atoms with Gasteiger partial charge in [0, 0.05) is 0 Å². The summed E-state index contributed by atoms with van der Waals surface area (Å²) < 4.78 is 14.5. The van der Waals surface area contributed by atoms with Crippen molar-refractivity contribution in [3.63, 3.8) is 0 Å². The number of alkyl carbamates (subject to hydrolysis) is 1. The van der Waals surface area contributed by atoms with Gasteiger partial charge in [0.25, 0.3) is 5.91 Å². The maximum absolute atomic E-state index is 11.7. The number of carbonyl (C=O) groups excluding carboxylic acids is 3. The van der Waals surface area contributed by atoms with Gasteiger partial charge in [-0.1, -0.05) is 0 Å². The molecule has 0 aliphatic carbocycles. The van der Waals surface area contributed by atoms with Crippen LogP contribution in [0.1, 0.15) is 30.2 Å². The molecular weight excluding hydrogens is 292 g/mol. The van der Waals surface area contributed by atoms with E-state index in [0.717, 1.165) is 4.90 Å². The number of methoxy groups -OCH3 is 1. The zero-order chi connectivity index (χ0) is 16.5. The summed E-state index contributed by atoms with van der Waals surface area (Å²) in [5, 5.41) is 2.14. The lowest BCUT2D eigenvalue weighted by Crippen LogP contribution is -3.11. The number of carbonyl (C=O) groups is 3. The lowest BCUT2D eigenvalue weighted by atomic mass is 10.3. The lowest BCUT2D eigenvalue weighted by molar-refractivity contribution is -0.905. The predicted octanol–water partition coefficient (Wildman–Crippen LogP) is -0.256. The molecular formula is C14H21N2O6+. The highest BCUT2D eigenvalue weighted by Gasteiger charge is 2.19. The predicted molar refractivity (Wildman–Crippen MR) is 75.3 cm³/mol. The zero-order valence-electron chi connectivity index (χ0n) is 12.9. The monoisotopic (exact) mass is 313 g/mol. The molecule has 0 aromatic carbocycles. The fourth-order valence-corrected chi connectivity index (χ4v) is 1.79. The van der Waals surface area contributed by atoms with Crippen molar-refractivity contribution in [1.82, 2.24) is 5.32 Å². The third kappa shape index (κ3) is 5.57. The van der Waals surface area contributed by atoms with Crippen molar-refractivity contribution >= 4 is 18.0 Å². The van der Waals surface area contributed by atoms with Gasteiger partial charge in [-0.2, -0.15) is 0 Å². The average Bonchev–Trinajstić information content (AvgIpc) is 2.94. The number of nitrogens with one attached hydrogen (secondary N) is 2. The summed E-state index contributed by atoms with van der Waals surface area (Å²) in [6.07, 6.45) is -0.756. The van der Waals surface area contributed by atoms with Crippen molar-refractivity contribution in [2.45, 2.75) is 20.4 Å². The second-order valence-corrected chi connectivity index (χ2v) is 4.48. The summed E-state index contributed by atoms with van der Waals surface area (Å²) >= 11 is 0. The molecule has 122 valence electrons. The molecule has 2 N–H and O–H groups in total. The molecule has 0 saturated carbocycles. The molecule has 8 heteroatoms. The van der Waals surface area contributed by atoms with E-state index in [1.807, 2.05) is 6.92 Å². The van der Waals surface area contributed by atoms with Crippen LogP contribution in [-0.4, -0.2) is 44.8 Å². The fraction of sp³-hybridized carbons (Fsp3) is 0.500. The van der Waals surface area contributed by atoms with E-state index in [-0.39, 0.29) is 18.9 Å². The molecule has 2 amide bonds. The Morgan fingerprint density at radius 3 is 2.59 bits per heavy atom. The van der Waals surface area contributed by atoms with Crippen LogP contribution in [0.5, 0.6) is 0 Å². The first-order chi connectivity index (χ1) is 10.5. The number of imide groups is 1. The third-order valence-electron chi connectivity index (χ3n) is 2.90. The van der Waals surface area contributed by atoms with Crippen molar-refractivity contribution in [3.8, 4) is 0 Å². The summed E-state index contributed by atoms with van der Waals surface area (Å²) in [4.78, 5) is 35.0. The second kappa shape index (κ2) is 8.83. The number of furan rings is 1. The molecule has 1 atom stereocenters. The Morgan fingerprint density at radius 2 is 2.00 bits per heavy atom. The van der Waals surface area contributed by atoms with Gasteiger partial charge in [0.2, 0.25) is 5.76 Å². The molecule has 0 radical (unpaired) electrons. The third-order valence-corrected chi connectivity index (χ3v) is 2.90. The van der Waals surface area contributed by atoms with Crippen LogP contribution in [0, 0.1) is 0 Å². The molecule has 0 spiro atoms. The lowest BCUT2D eigenvalue weighted by Gasteiger charge is -2.15. The van der Waals surface area contributed by atoms with E-state index in [1.165, 1.54) is 13.2 Å². The summed E-state index contributed by atoms with van der Waals surface area (Å²) in [7, 11) is 1.27. The van der Waals surface area contributed by atoms with Crippen LogP contribution >= 0.6 is 0 Å². The maximum atomic E-state index is 11.7. The molecule has 0 aliphatic rings. The highest BCUT2D eigenvalue weighted by Crippen LogP contribution is 2.07. The Hall–Kier alpha value is -2.35. The smallest absolute Gasteiger partial charge is 0.414 e. The van der Waals surface area contributed by atoms with Crippen LogP contribution < -0.4 is 10.2 Å². The Kier molecular flexibility index (Phi) is 7.11. The first-order valence-corrected chi connectivity index (χ1v) is 6.97. The Bertz CT molecular complexity index is 525. The van der Waals surface area contributed by atoms with Crippen LogP contribution in [0.15, 0.2) is 16.5 Å². The van der Waals surface area contributed by atoms with E-state index in [2.05, 4.69) is 14.8 Å². The average molecular weight is 313 g/mol. The minimum absolute atomic E-state index is 0.0869. The number of hydrogen-bond donors (Lipinski definition) is 2. The SMILES string of the molecule is CCOC(=O)NC(=O)C[NH+](CC)Cc1ccc(C(=O)OC)o1. The van der Waals surface area contributed by atoms with E-state index in [0.29, 0.717) is 18.8 Å². The van der Waals surface area contributed by atoms with E-state index in [9.17, 15) is 14.4 Å². The van der Waals surface area contributed by atoms with Crippen LogP contribution in [-0.2, 0) is 20.8 Å². The van der Waals surface area contributed by atoms with Gasteiger partial charge in [-0.05, 0) is 26.0 Å². The number of quaternary nitrogens is 1. The molecule has 1 aromatic heterocycles. The summed E-state index contributed by atoms with van der Waals surface area (Å²) in [6, 6.07) is 3.18. The fourth-order valence-electron chi connectivity index (χ4n) is 1.79. The van der Waals surface area contributed by atoms with Crippen molar-refractivity contribution in [1.29, 1.82) is 0 Å². The largest absolute Gasteiger partial charge is 0.463 e. The number of esters is 1. The molecule has 22 heavy (non-hydrogen) atoms. The van der Waals surface area contributed by atoms with Gasteiger partial charge in [-0.25, -0.2) is 9.59 Å². The molecule has 1 aromatic rings. The number of hydrogen-bond acceptors (Lipinski definition) is 6. The Morgan fingerprint density at radius 1 is 1.27 bits per heavy atom. The number of amides is 2. The van der Waals surface area contributed by atoms with Crippen LogP contribution in [0.2, 0.25) is 0 Å². The van der Waals surface area contributed by atoms with Crippen LogP contribution in [0.3, 0.4) is 0 Å². The van der Waals surface area contributed by atoms with Gasteiger partial charge in [0.1, 0.15) is 6.54 Å². The minimum atomic E-state index is -0.756. The highest BCUT2D eigenvalue weighted by atomic mass is 16.5. The molecule has 0 fully saturated rings. The molecule has 0 bridgehead atoms. The van der Waals surface area contributed by atoms with Crippen molar-refractivity contribution in [2.24, 2.45) is 0 Å². The molecule has 1 unspecified atom stereocenters. The number of likely N-dealkylation sites (N-methyl/N-ethyl adjacent to an activating group) is 1. The van der Waals surface area contributed by atoms with Crippen molar-refractivity contribution in [2.75, 3.05) is 26.8 Å². The Labute approximate surface area is 128 Å². The van der Waals surface area contributed by atoms with Gasteiger partial charge in [0.15, 0.2) is 12.3 Å². The molecule has 0 saturated heterocycles. The van der Waals surface area contributed by atoms with Crippen molar-refractivity contribution in [3.05, 3.63) is 23.7 Å². The zero-order valence-corrected chi connectivity index (χ0v) is 12.9. The summed E-state index contributed by atoms with van der Waals surface area (Å²) in [5.74, 6) is -0.315. The first-order valence-electron chi connectivity index (χ1n) is 6.97. The van der Waals surface area contributed by atoms with Crippen LogP contribution in [0.25, 0.3) is 0 Å². The summed E-state index contributed by atoms with van der Waals surface area (Å²) in [6.45, 7) is 4.89. The minimum Gasteiger partial charge on any atom is -0.463 e. The van der Waals surface area contributed by atoms with Gasteiger partial charge >= 0.3 is 12.1 Å². The van der Waals surface area contributed by atoms with E-state index < -0.39 is 18.0 Å². The number of rotatable bonds is 7. The van der Waals surface area contributed by atoms with E-state index >= 15 is 0 Å². The summed E-state index contributed by atoms with van der Waals surface area (Å²) in [5.41, 5.74) is 0. The standard InChI is InChI=1S/C14H20N2O6/c1-4-16(9-12(17)15-14(19)21-5-2)8-10-6-7-11(22-10)13(18)20-3/h6-7H,4-5,8-9H2,1-3H3,(H,15,17,19)/p+1. The van der Waals surface area contributed by atoms with E-state index in [4.69, 9.17) is 4.42 Å². The Balaban J connectivity index is 2.54. The maximum Gasteiger partial charge on any atom is 0.414 e. The molecule has 1 rings (SSSR count). The highest BCUT2D eigenvalue weighted by molar-refractivity contribution is 5.92. The van der Waals surface area contributed by atoms with Gasteiger partial charge < -0.3 is 18.8 Å². The van der Waals surface area contributed by atoms with Gasteiger partial charge in [-0.3, -0.25) is 10.1 Å². The topological polar surface area (TPSA) is 99.3 Å². The van der Waals surface area contributed by atoms with Crippen LogP contribution in [0.4, 0.5) is 4.79 Å². The quantitative estimate of drug-likeness (QED) is 0.673. The molecule has 1 heterocycles. The van der Waals surface area contributed by atoms with Crippen molar-refractivity contribution < 1.29 is 33.2 Å². The molecule has 8 nitrogen and oxygen atoms in total.